The second-order valence-corrected chi connectivity index (χ2v) is 16.4. The molecule has 4 aliphatic heterocycles. The van der Waals surface area contributed by atoms with Gasteiger partial charge in [-0.2, -0.15) is 0 Å². The smallest absolute Gasteiger partial charge is 0.329 e. The van der Waals surface area contributed by atoms with Gasteiger partial charge in [-0.3, -0.25) is 33.7 Å². The van der Waals surface area contributed by atoms with Gasteiger partial charge in [0.2, 0.25) is 11.8 Å². The number of benzene rings is 2. The maximum atomic E-state index is 16.4. The normalized spacial score (nSPS) is 20.7. The van der Waals surface area contributed by atoms with E-state index in [-0.39, 0.29) is 55.9 Å². The van der Waals surface area contributed by atoms with Crippen LogP contribution in [0.15, 0.2) is 58.4 Å². The first-order valence-electron chi connectivity index (χ1n) is 20.3. The van der Waals surface area contributed by atoms with Crippen molar-refractivity contribution in [2.45, 2.75) is 44.2 Å². The molecule has 17 heteroatoms. The Morgan fingerprint density at radius 2 is 1.63 bits per heavy atom. The van der Waals surface area contributed by atoms with Gasteiger partial charge < -0.3 is 28.6 Å². The van der Waals surface area contributed by atoms with E-state index in [1.54, 1.807) is 51.7 Å². The Kier molecular flexibility index (Phi) is 9.93. The molecule has 1 unspecified atom stereocenters. The monoisotopic (exact) mass is 826 g/mol. The Balaban J connectivity index is 0.974. The first-order valence-corrected chi connectivity index (χ1v) is 20.3. The molecule has 4 aliphatic rings. The average Bonchev–Trinajstić information content (AvgIpc) is 3.65. The molecule has 1 atom stereocenters. The van der Waals surface area contributed by atoms with Crippen LogP contribution >= 0.6 is 0 Å². The summed E-state index contributed by atoms with van der Waals surface area (Å²) in [4.78, 5) is 62.0. The van der Waals surface area contributed by atoms with Crippen LogP contribution in [0.2, 0.25) is 0 Å². The van der Waals surface area contributed by atoms with Crippen LogP contribution in [0.25, 0.3) is 32.9 Å². The molecule has 60 heavy (non-hydrogen) atoms. The van der Waals surface area contributed by atoms with E-state index in [2.05, 4.69) is 20.1 Å². The number of likely N-dealkylation sites (tertiary alicyclic amines) is 1. The lowest BCUT2D eigenvalue weighted by atomic mass is 9.75. The lowest BCUT2D eigenvalue weighted by Crippen LogP contribution is -2.49. The number of anilines is 2. The number of aryl methyl sites for hydroxylation is 2. The fourth-order valence-electron chi connectivity index (χ4n) is 9.83. The van der Waals surface area contributed by atoms with E-state index in [9.17, 15) is 19.2 Å². The van der Waals surface area contributed by atoms with Crippen LogP contribution in [0.1, 0.15) is 37.3 Å². The van der Waals surface area contributed by atoms with Gasteiger partial charge in [-0.15, -0.1) is 0 Å². The number of nitrogens with zero attached hydrogens (tertiary/aromatic N) is 7. The van der Waals surface area contributed by atoms with E-state index in [1.165, 1.54) is 13.7 Å². The van der Waals surface area contributed by atoms with Gasteiger partial charge in [0, 0.05) is 83.1 Å². The minimum Gasteiger partial charge on any atom is -0.496 e. The lowest BCUT2D eigenvalue weighted by Gasteiger charge is -2.43. The number of fused-ring (bicyclic) bond motifs is 2. The van der Waals surface area contributed by atoms with Gasteiger partial charge in [-0.25, -0.2) is 18.6 Å². The topological polar surface area (TPSA) is 145 Å². The number of imide groups is 1. The highest BCUT2D eigenvalue weighted by atomic mass is 19.3. The molecule has 316 valence electrons. The molecule has 7 heterocycles. The van der Waals surface area contributed by atoms with Gasteiger partial charge in [0.25, 0.3) is 11.5 Å². The summed E-state index contributed by atoms with van der Waals surface area (Å²) in [6, 6.07) is 10.3. The van der Waals surface area contributed by atoms with Crippen molar-refractivity contribution in [3.05, 3.63) is 75.2 Å². The largest absolute Gasteiger partial charge is 0.496 e. The number of amides is 2. The number of ether oxygens (including phenoxy) is 3. The Hall–Kier alpha value is -5.81. The number of nitrogens with one attached hydrogen (secondary N) is 1. The molecule has 0 radical (unpaired) electrons. The summed E-state index contributed by atoms with van der Waals surface area (Å²) in [5.74, 6) is -2.15. The molecular formula is C43H48F2N8O7. The zero-order valence-corrected chi connectivity index (χ0v) is 34.1. The number of carbonyl (C=O) groups excluding carboxylic acids is 2. The quantitative estimate of drug-likeness (QED) is 0.228. The zero-order chi connectivity index (χ0) is 42.1. The third kappa shape index (κ3) is 6.49. The maximum Gasteiger partial charge on any atom is 0.329 e. The number of imidazole rings is 1. The van der Waals surface area contributed by atoms with Crippen LogP contribution in [0.5, 0.6) is 11.5 Å². The molecular weight excluding hydrogens is 779 g/mol. The summed E-state index contributed by atoms with van der Waals surface area (Å²) >= 11 is 0. The average molecular weight is 827 g/mol. The number of aromatic nitrogens is 4. The van der Waals surface area contributed by atoms with Crippen molar-refractivity contribution in [1.82, 2.24) is 28.9 Å². The van der Waals surface area contributed by atoms with Crippen molar-refractivity contribution in [3.63, 3.8) is 0 Å². The number of rotatable bonds is 8. The van der Waals surface area contributed by atoms with Crippen molar-refractivity contribution in [1.29, 1.82) is 0 Å². The summed E-state index contributed by atoms with van der Waals surface area (Å²) < 4.78 is 54.6. The third-order valence-electron chi connectivity index (χ3n) is 13.1. The van der Waals surface area contributed by atoms with Gasteiger partial charge in [-0.05, 0) is 55.2 Å². The molecule has 5 aromatic rings. The Morgan fingerprint density at radius 1 is 0.917 bits per heavy atom. The fraction of sp³-hybridized carbons (Fsp3) is 0.465. The molecule has 15 nitrogen and oxygen atoms in total. The van der Waals surface area contributed by atoms with Crippen molar-refractivity contribution in [3.8, 4) is 22.6 Å². The number of halogens is 2. The van der Waals surface area contributed by atoms with Gasteiger partial charge in [0.05, 0.1) is 67.1 Å². The van der Waals surface area contributed by atoms with Gasteiger partial charge >= 0.3 is 5.69 Å². The summed E-state index contributed by atoms with van der Waals surface area (Å²) in [5.41, 5.74) is 2.24. The molecule has 0 saturated carbocycles. The van der Waals surface area contributed by atoms with Crippen molar-refractivity contribution < 1.29 is 32.6 Å². The van der Waals surface area contributed by atoms with Crippen molar-refractivity contribution in [2.24, 2.45) is 19.5 Å². The van der Waals surface area contributed by atoms with Crippen LogP contribution in [0, 0.1) is 5.41 Å². The van der Waals surface area contributed by atoms with Gasteiger partial charge in [0.1, 0.15) is 23.4 Å². The van der Waals surface area contributed by atoms with Crippen LogP contribution in [0.4, 0.5) is 20.3 Å². The Morgan fingerprint density at radius 3 is 2.32 bits per heavy atom. The summed E-state index contributed by atoms with van der Waals surface area (Å²) in [7, 11) is 6.44. The summed E-state index contributed by atoms with van der Waals surface area (Å²) in [6.07, 6.45) is 4.20. The number of alkyl halides is 2. The number of piperidine rings is 2. The highest BCUT2D eigenvalue weighted by molar-refractivity contribution is 6.01. The molecule has 4 saturated heterocycles. The second kappa shape index (κ2) is 15.0. The molecule has 1 N–H and O–H groups in total. The number of pyridine rings is 2. The van der Waals surface area contributed by atoms with Gasteiger partial charge in [0.15, 0.2) is 0 Å². The second-order valence-electron chi connectivity index (χ2n) is 16.4. The summed E-state index contributed by atoms with van der Waals surface area (Å²) in [5, 5.41) is 3.54. The van der Waals surface area contributed by atoms with Crippen LogP contribution in [0.3, 0.4) is 0 Å². The molecule has 1 spiro atoms. The Bertz CT molecular complexity index is 2630. The molecule has 0 aliphatic carbocycles. The number of methoxy groups -OCH3 is 2. The SMILES string of the molecule is COc1cc(-c2cn(C)c(=O)c3cnc(N4CCOCC4)cc23)cc(OC)c1CN1CC(F)(F)C2(CCN(c3cccc4c3n(C)c(=O)n4C3CCC(=O)NC3=O)CC2)C1. The van der Waals surface area contributed by atoms with E-state index in [0.717, 1.165) is 28.0 Å². The van der Waals surface area contributed by atoms with E-state index >= 15 is 8.78 Å². The number of carbonyl (C=O) groups is 2. The molecule has 0 bridgehead atoms. The minimum absolute atomic E-state index is 0.131. The van der Waals surface area contributed by atoms with E-state index in [0.29, 0.717) is 72.9 Å². The predicted molar refractivity (Wildman–Crippen MR) is 221 cm³/mol. The predicted octanol–water partition coefficient (Wildman–Crippen LogP) is 3.82. The number of morpholine rings is 1. The maximum absolute atomic E-state index is 16.4. The van der Waals surface area contributed by atoms with Crippen LogP contribution in [-0.4, -0.2) is 108 Å². The fourth-order valence-corrected chi connectivity index (χ4v) is 9.83. The molecule has 3 aromatic heterocycles. The molecule has 2 amide bonds. The van der Waals surface area contributed by atoms with Crippen molar-refractivity contribution >= 4 is 45.1 Å². The molecule has 9 rings (SSSR count). The first kappa shape index (κ1) is 39.6. The highest BCUT2D eigenvalue weighted by Crippen LogP contribution is 2.52. The molecule has 4 fully saturated rings. The Labute approximate surface area is 344 Å². The summed E-state index contributed by atoms with van der Waals surface area (Å²) in [6.45, 7) is 3.15. The molecule has 2 aromatic carbocycles. The minimum atomic E-state index is -2.98. The standard InChI is InChI=1S/C43H48F2N8O7/c1-48-22-29(27-20-36(46-21-28(27)40(48)56)52-14-16-60-17-15-52)26-18-34(58-3)30(35(19-26)59-4)23-50-24-42(43(44,45)25-50)10-12-51(13-11-42)31-6-5-7-32-38(31)49(2)41(57)53(32)33-8-9-37(54)47-39(33)55/h5-7,18-22,33H,8-17,23-25H2,1-4H3,(H,47,54,55). The van der Waals surface area contributed by atoms with Crippen LogP contribution in [-0.2, 0) is 35.0 Å². The zero-order valence-electron chi connectivity index (χ0n) is 34.1. The number of hydrogen-bond donors (Lipinski definition) is 1. The van der Waals surface area contributed by atoms with Crippen LogP contribution < -0.4 is 35.8 Å². The van der Waals surface area contributed by atoms with E-state index in [1.807, 2.05) is 30.3 Å². The van der Waals surface area contributed by atoms with E-state index in [4.69, 9.17) is 14.2 Å². The first-order chi connectivity index (χ1) is 28.8. The third-order valence-corrected chi connectivity index (χ3v) is 13.1. The van der Waals surface area contributed by atoms with Crippen molar-refractivity contribution in [2.75, 3.05) is 76.5 Å². The number of hydrogen-bond acceptors (Lipinski definition) is 11. The highest BCUT2D eigenvalue weighted by Gasteiger charge is 2.60. The van der Waals surface area contributed by atoms with Gasteiger partial charge in [-0.1, -0.05) is 6.07 Å². The number of para-hydroxylation sites is 1. The lowest BCUT2D eigenvalue weighted by molar-refractivity contribution is -0.135. The van der Waals surface area contributed by atoms with E-state index < -0.39 is 29.8 Å².